The van der Waals surface area contributed by atoms with Gasteiger partial charge in [-0.15, -0.1) is 0 Å². The second kappa shape index (κ2) is 4.13. The molecule has 3 rings (SSSR count). The van der Waals surface area contributed by atoms with Crippen LogP contribution in [0, 0.1) is 0 Å². The van der Waals surface area contributed by atoms with Crippen LogP contribution >= 0.6 is 0 Å². The van der Waals surface area contributed by atoms with Crippen molar-refractivity contribution in [3.8, 4) is 11.3 Å². The smallest absolute Gasteiger partial charge is 0.236 e. The normalized spacial score (nSPS) is 15.6. The number of sulfonamides is 1. The molecule has 18 heavy (non-hydrogen) atoms. The van der Waals surface area contributed by atoms with E-state index in [1.165, 1.54) is 0 Å². The first-order valence-electron chi connectivity index (χ1n) is 5.69. The van der Waals surface area contributed by atoms with Crippen molar-refractivity contribution in [1.29, 1.82) is 0 Å². The highest BCUT2D eigenvalue weighted by Gasteiger charge is 2.36. The fourth-order valence-corrected chi connectivity index (χ4v) is 2.98. The zero-order chi connectivity index (χ0) is 12.6. The van der Waals surface area contributed by atoms with Crippen LogP contribution < -0.4 is 4.72 Å². The Morgan fingerprint density at radius 3 is 2.61 bits per heavy atom. The Morgan fingerprint density at radius 1 is 1.22 bits per heavy atom. The molecule has 1 aliphatic rings. The fraction of sp³-hybridized carbons (Fsp3) is 0.250. The number of hydrogen-bond donors (Lipinski definition) is 1. The molecule has 0 radical (unpaired) electrons. The predicted octanol–water partition coefficient (Wildman–Crippen LogP) is 2.25. The minimum atomic E-state index is -3.28. The molecule has 0 aliphatic heterocycles. The molecule has 0 amide bonds. The molecule has 0 atom stereocenters. The lowest BCUT2D eigenvalue weighted by molar-refractivity contribution is 0.435. The van der Waals surface area contributed by atoms with Gasteiger partial charge in [0.1, 0.15) is 0 Å². The zero-order valence-electron chi connectivity index (χ0n) is 9.54. The molecule has 0 spiro atoms. The summed E-state index contributed by atoms with van der Waals surface area (Å²) >= 11 is 0. The topological polar surface area (TPSA) is 72.2 Å². The van der Waals surface area contributed by atoms with Crippen molar-refractivity contribution in [1.82, 2.24) is 5.16 Å². The van der Waals surface area contributed by atoms with E-state index in [0.29, 0.717) is 5.76 Å². The average Bonchev–Trinajstić information content (AvgIpc) is 3.13. The number of benzene rings is 1. The summed E-state index contributed by atoms with van der Waals surface area (Å²) in [4.78, 5) is 0. The Morgan fingerprint density at radius 2 is 1.94 bits per heavy atom. The summed E-state index contributed by atoms with van der Waals surface area (Å²) in [6.07, 6.45) is 1.44. The van der Waals surface area contributed by atoms with Crippen molar-refractivity contribution >= 4 is 15.8 Å². The lowest BCUT2D eigenvalue weighted by Gasteiger charge is -2.00. The molecule has 0 unspecified atom stereocenters. The van der Waals surface area contributed by atoms with Gasteiger partial charge in [0, 0.05) is 11.6 Å². The number of nitrogens with zero attached hydrogens (tertiary/aromatic N) is 1. The third-order valence-corrected chi connectivity index (χ3v) is 4.62. The number of rotatable bonds is 4. The van der Waals surface area contributed by atoms with Crippen molar-refractivity contribution in [2.45, 2.75) is 18.1 Å². The first-order valence-corrected chi connectivity index (χ1v) is 7.23. The molecule has 1 heterocycles. The van der Waals surface area contributed by atoms with Gasteiger partial charge in [-0.05, 0) is 12.8 Å². The van der Waals surface area contributed by atoms with Gasteiger partial charge >= 0.3 is 0 Å². The maximum atomic E-state index is 11.7. The maximum absolute atomic E-state index is 11.7. The lowest BCUT2D eigenvalue weighted by Crippen LogP contribution is -2.17. The molecule has 1 saturated carbocycles. The Balaban J connectivity index is 1.82. The van der Waals surface area contributed by atoms with Crippen LogP contribution in [-0.4, -0.2) is 18.8 Å². The number of nitrogens with one attached hydrogen (secondary N) is 1. The van der Waals surface area contributed by atoms with Crippen LogP contribution in [0.3, 0.4) is 0 Å². The van der Waals surface area contributed by atoms with E-state index in [9.17, 15) is 8.42 Å². The van der Waals surface area contributed by atoms with Crippen LogP contribution in [0.25, 0.3) is 11.3 Å². The quantitative estimate of drug-likeness (QED) is 0.919. The van der Waals surface area contributed by atoms with Crippen molar-refractivity contribution in [2.24, 2.45) is 0 Å². The van der Waals surface area contributed by atoms with Crippen LogP contribution in [0.2, 0.25) is 0 Å². The minimum absolute atomic E-state index is 0.237. The molecule has 5 nitrogen and oxygen atoms in total. The summed E-state index contributed by atoms with van der Waals surface area (Å²) in [5.74, 6) is 0.782. The molecule has 0 saturated heterocycles. The number of anilines is 1. The summed E-state index contributed by atoms with van der Waals surface area (Å²) in [7, 11) is -3.28. The third-order valence-electron chi connectivity index (χ3n) is 2.78. The van der Waals surface area contributed by atoms with Crippen LogP contribution in [0.4, 0.5) is 5.82 Å². The van der Waals surface area contributed by atoms with Gasteiger partial charge in [0.05, 0.1) is 5.25 Å². The van der Waals surface area contributed by atoms with E-state index < -0.39 is 10.0 Å². The number of hydrogen-bond acceptors (Lipinski definition) is 4. The van der Waals surface area contributed by atoms with E-state index in [1.54, 1.807) is 6.07 Å². The van der Waals surface area contributed by atoms with E-state index >= 15 is 0 Å². The SMILES string of the molecule is O=S(=O)(Nc1cc(-c2ccccc2)on1)C1CC1. The summed E-state index contributed by atoms with van der Waals surface area (Å²) in [5, 5.41) is 3.45. The van der Waals surface area contributed by atoms with E-state index in [4.69, 9.17) is 4.52 Å². The first-order chi connectivity index (χ1) is 8.65. The fourth-order valence-electron chi connectivity index (χ4n) is 1.67. The highest BCUT2D eigenvalue weighted by molar-refractivity contribution is 7.93. The third kappa shape index (κ3) is 2.24. The first kappa shape index (κ1) is 11.3. The van der Waals surface area contributed by atoms with Gasteiger partial charge in [-0.2, -0.15) is 0 Å². The molecule has 2 aromatic rings. The van der Waals surface area contributed by atoms with Gasteiger partial charge in [-0.1, -0.05) is 35.5 Å². The van der Waals surface area contributed by atoms with Crippen LogP contribution in [0.5, 0.6) is 0 Å². The highest BCUT2D eigenvalue weighted by atomic mass is 32.2. The molecular formula is C12H12N2O3S. The van der Waals surface area contributed by atoms with E-state index in [2.05, 4.69) is 9.88 Å². The molecular weight excluding hydrogens is 252 g/mol. The van der Waals surface area contributed by atoms with Gasteiger partial charge in [0.2, 0.25) is 10.0 Å². The van der Waals surface area contributed by atoms with Gasteiger partial charge in [-0.25, -0.2) is 8.42 Å². The summed E-state index contributed by atoms with van der Waals surface area (Å²) in [6.45, 7) is 0. The molecule has 0 bridgehead atoms. The summed E-state index contributed by atoms with van der Waals surface area (Å²) in [5.41, 5.74) is 0.863. The van der Waals surface area contributed by atoms with Gasteiger partial charge in [-0.3, -0.25) is 4.72 Å². The highest BCUT2D eigenvalue weighted by Crippen LogP contribution is 2.30. The van der Waals surface area contributed by atoms with Crippen molar-refractivity contribution in [2.75, 3.05) is 4.72 Å². The standard InChI is InChI=1S/C12H12N2O3S/c15-18(16,10-6-7-10)14-12-8-11(17-13-12)9-4-2-1-3-5-9/h1-5,8,10H,6-7H2,(H,13,14). The van der Waals surface area contributed by atoms with E-state index in [0.717, 1.165) is 18.4 Å². The second-order valence-corrected chi connectivity index (χ2v) is 6.25. The van der Waals surface area contributed by atoms with E-state index in [-0.39, 0.29) is 11.1 Å². The van der Waals surface area contributed by atoms with Crippen LogP contribution in [0.1, 0.15) is 12.8 Å². The molecule has 1 aliphatic carbocycles. The van der Waals surface area contributed by atoms with Crippen LogP contribution in [-0.2, 0) is 10.0 Å². The van der Waals surface area contributed by atoms with Crippen LogP contribution in [0.15, 0.2) is 40.9 Å². The molecule has 1 fully saturated rings. The van der Waals surface area contributed by atoms with Crippen molar-refractivity contribution in [3.63, 3.8) is 0 Å². The Kier molecular flexibility index (Phi) is 2.59. The minimum Gasteiger partial charge on any atom is -0.354 e. The lowest BCUT2D eigenvalue weighted by atomic mass is 10.2. The predicted molar refractivity (Wildman–Crippen MR) is 67.5 cm³/mol. The molecule has 6 heteroatoms. The molecule has 1 N–H and O–H groups in total. The monoisotopic (exact) mass is 264 g/mol. The zero-order valence-corrected chi connectivity index (χ0v) is 10.4. The maximum Gasteiger partial charge on any atom is 0.236 e. The second-order valence-electron chi connectivity index (χ2n) is 4.29. The van der Waals surface area contributed by atoms with Gasteiger partial charge in [0.15, 0.2) is 11.6 Å². The number of aromatic nitrogens is 1. The largest absolute Gasteiger partial charge is 0.354 e. The Labute approximate surface area is 105 Å². The molecule has 1 aromatic heterocycles. The van der Waals surface area contributed by atoms with Crippen molar-refractivity contribution < 1.29 is 12.9 Å². The van der Waals surface area contributed by atoms with Gasteiger partial charge in [0.25, 0.3) is 0 Å². The summed E-state index contributed by atoms with van der Waals surface area (Å²) < 4.78 is 31.0. The summed E-state index contributed by atoms with van der Waals surface area (Å²) in [6, 6.07) is 11.0. The molecule has 1 aromatic carbocycles. The van der Waals surface area contributed by atoms with Gasteiger partial charge < -0.3 is 4.52 Å². The Hall–Kier alpha value is -1.82. The Bertz CT molecular complexity index is 645. The molecule has 94 valence electrons. The van der Waals surface area contributed by atoms with Crippen molar-refractivity contribution in [3.05, 3.63) is 36.4 Å². The average molecular weight is 264 g/mol. The van der Waals surface area contributed by atoms with E-state index in [1.807, 2.05) is 30.3 Å².